The summed E-state index contributed by atoms with van der Waals surface area (Å²) in [7, 11) is 1.43. The maximum absolute atomic E-state index is 12.7. The van der Waals surface area contributed by atoms with Crippen LogP contribution in [0.5, 0.6) is 11.5 Å². The summed E-state index contributed by atoms with van der Waals surface area (Å²) < 4.78 is 43.1. The molecule has 0 saturated carbocycles. The van der Waals surface area contributed by atoms with Crippen LogP contribution in [0.15, 0.2) is 30.3 Å². The quantitative estimate of drug-likeness (QED) is 0.903. The molecule has 0 aliphatic rings. The minimum absolute atomic E-state index is 0.0324. The van der Waals surface area contributed by atoms with Crippen LogP contribution in [-0.2, 0) is 12.7 Å². The zero-order chi connectivity index (χ0) is 16.3. The maximum atomic E-state index is 12.7. The van der Waals surface area contributed by atoms with Gasteiger partial charge >= 0.3 is 6.18 Å². The highest BCUT2D eigenvalue weighted by Gasteiger charge is 2.32. The average Bonchev–Trinajstić information content (AvgIpc) is 2.44. The summed E-state index contributed by atoms with van der Waals surface area (Å²) in [4.78, 5) is 3.55. The summed E-state index contributed by atoms with van der Waals surface area (Å²) in [5.74, 6) is 0.425. The second-order valence-corrected chi connectivity index (χ2v) is 4.77. The molecule has 2 aromatic rings. The first-order chi connectivity index (χ1) is 10.3. The van der Waals surface area contributed by atoms with Crippen molar-refractivity contribution >= 4 is 5.82 Å². The fraction of sp³-hybridized carbons (Fsp3) is 0.267. The molecule has 1 aromatic heterocycles. The number of alkyl halides is 3. The van der Waals surface area contributed by atoms with E-state index in [1.54, 1.807) is 19.1 Å². The number of methoxy groups -OCH3 is 1. The van der Waals surface area contributed by atoms with E-state index in [1.165, 1.54) is 19.2 Å². The molecular weight excluding hydrogens is 297 g/mol. The van der Waals surface area contributed by atoms with Gasteiger partial charge in [0.25, 0.3) is 0 Å². The second-order valence-electron chi connectivity index (χ2n) is 4.77. The van der Waals surface area contributed by atoms with Crippen molar-refractivity contribution < 1.29 is 23.0 Å². The molecule has 0 saturated heterocycles. The monoisotopic (exact) mass is 312 g/mol. The van der Waals surface area contributed by atoms with Crippen LogP contribution in [0, 0.1) is 6.92 Å². The molecule has 0 aliphatic carbocycles. The van der Waals surface area contributed by atoms with Crippen molar-refractivity contribution in [2.24, 2.45) is 0 Å². The molecule has 0 atom stereocenters. The van der Waals surface area contributed by atoms with Gasteiger partial charge in [0.15, 0.2) is 11.5 Å². The highest BCUT2D eigenvalue weighted by Crippen LogP contribution is 2.30. The summed E-state index contributed by atoms with van der Waals surface area (Å²) in [6, 6.07) is 7.28. The summed E-state index contributed by atoms with van der Waals surface area (Å²) >= 11 is 0. The molecule has 7 heteroatoms. The zero-order valence-electron chi connectivity index (χ0n) is 12.0. The molecule has 22 heavy (non-hydrogen) atoms. The molecule has 0 radical (unpaired) electrons. The molecule has 0 spiro atoms. The number of hydrogen-bond donors (Lipinski definition) is 2. The first-order valence-corrected chi connectivity index (χ1v) is 6.45. The molecule has 2 N–H and O–H groups in total. The fourth-order valence-electron chi connectivity index (χ4n) is 1.94. The van der Waals surface area contributed by atoms with E-state index in [1.807, 2.05) is 0 Å². The van der Waals surface area contributed by atoms with Crippen LogP contribution in [0.3, 0.4) is 0 Å². The van der Waals surface area contributed by atoms with Crippen LogP contribution in [0.2, 0.25) is 0 Å². The number of ether oxygens (including phenoxy) is 1. The molecule has 0 amide bonds. The number of aromatic nitrogens is 1. The number of halogens is 3. The third-order valence-electron chi connectivity index (χ3n) is 2.98. The van der Waals surface area contributed by atoms with Gasteiger partial charge in [-0.2, -0.15) is 13.2 Å². The van der Waals surface area contributed by atoms with E-state index in [0.717, 1.165) is 6.07 Å². The number of nitrogens with zero attached hydrogens (tertiary/aromatic N) is 1. The number of phenols is 1. The van der Waals surface area contributed by atoms with Gasteiger partial charge in [-0.3, -0.25) is 0 Å². The number of benzene rings is 1. The van der Waals surface area contributed by atoms with Gasteiger partial charge in [-0.15, -0.1) is 0 Å². The van der Waals surface area contributed by atoms with Crippen molar-refractivity contribution in [1.29, 1.82) is 0 Å². The van der Waals surface area contributed by atoms with E-state index in [0.29, 0.717) is 16.9 Å². The zero-order valence-corrected chi connectivity index (χ0v) is 12.0. The minimum Gasteiger partial charge on any atom is -0.504 e. The van der Waals surface area contributed by atoms with Gasteiger partial charge in [0.1, 0.15) is 11.5 Å². The van der Waals surface area contributed by atoms with E-state index in [-0.39, 0.29) is 18.1 Å². The van der Waals surface area contributed by atoms with Gasteiger partial charge in [-0.25, -0.2) is 4.98 Å². The summed E-state index contributed by atoms with van der Waals surface area (Å²) in [6.45, 7) is 1.80. The number of phenolic OH excluding ortho intramolecular Hbond substituents is 1. The number of nitrogens with one attached hydrogen (secondary N) is 1. The highest BCUT2D eigenvalue weighted by molar-refractivity contribution is 5.44. The molecule has 2 rings (SSSR count). The number of hydrogen-bond acceptors (Lipinski definition) is 4. The molecule has 4 nitrogen and oxygen atoms in total. The SMILES string of the molecule is COc1ccc(CNc2cc(C)cc(C(F)(F)F)n2)cc1O. The van der Waals surface area contributed by atoms with Crippen molar-refractivity contribution in [2.75, 3.05) is 12.4 Å². The van der Waals surface area contributed by atoms with Crippen molar-refractivity contribution in [3.8, 4) is 11.5 Å². The third kappa shape index (κ3) is 3.81. The normalized spacial score (nSPS) is 11.3. The van der Waals surface area contributed by atoms with E-state index >= 15 is 0 Å². The lowest BCUT2D eigenvalue weighted by molar-refractivity contribution is -0.141. The number of aromatic hydroxyl groups is 1. The molecule has 0 bridgehead atoms. The maximum Gasteiger partial charge on any atom is 0.433 e. The van der Waals surface area contributed by atoms with Gasteiger partial charge in [0, 0.05) is 6.54 Å². The number of aryl methyl sites for hydroxylation is 1. The average molecular weight is 312 g/mol. The Kier molecular flexibility index (Phi) is 4.44. The lowest BCUT2D eigenvalue weighted by Crippen LogP contribution is -2.11. The Morgan fingerprint density at radius 3 is 2.55 bits per heavy atom. The molecule has 0 aliphatic heterocycles. The standard InChI is InChI=1S/C15H15F3N2O2/c1-9-5-13(15(16,17)18)20-14(6-9)19-8-10-3-4-12(22-2)11(21)7-10/h3-7,21H,8H2,1-2H3,(H,19,20). The number of anilines is 1. The first-order valence-electron chi connectivity index (χ1n) is 6.45. The minimum atomic E-state index is -4.49. The van der Waals surface area contributed by atoms with E-state index in [4.69, 9.17) is 4.74 Å². The van der Waals surface area contributed by atoms with Crippen molar-refractivity contribution in [3.63, 3.8) is 0 Å². The summed E-state index contributed by atoms with van der Waals surface area (Å²) in [6.07, 6.45) is -4.49. The highest BCUT2D eigenvalue weighted by atomic mass is 19.4. The second kappa shape index (κ2) is 6.13. The molecule has 0 unspecified atom stereocenters. The van der Waals surface area contributed by atoms with E-state index in [2.05, 4.69) is 10.3 Å². The Balaban J connectivity index is 2.15. The Hall–Kier alpha value is -2.44. The predicted molar refractivity (Wildman–Crippen MR) is 76.0 cm³/mol. The number of pyridine rings is 1. The Bertz CT molecular complexity index is 672. The fourth-order valence-corrected chi connectivity index (χ4v) is 1.94. The Morgan fingerprint density at radius 1 is 1.23 bits per heavy atom. The van der Waals surface area contributed by atoms with E-state index < -0.39 is 11.9 Å². The molecule has 118 valence electrons. The van der Waals surface area contributed by atoms with Gasteiger partial charge in [-0.05, 0) is 42.3 Å². The Labute approximate surface area is 125 Å². The van der Waals surface area contributed by atoms with Crippen molar-refractivity contribution in [3.05, 3.63) is 47.2 Å². The summed E-state index contributed by atoms with van der Waals surface area (Å²) in [5, 5.41) is 12.5. The molecule has 1 aromatic carbocycles. The summed E-state index contributed by atoms with van der Waals surface area (Å²) in [5.41, 5.74) is 0.213. The smallest absolute Gasteiger partial charge is 0.433 e. The van der Waals surface area contributed by atoms with Gasteiger partial charge in [0.2, 0.25) is 0 Å². The van der Waals surface area contributed by atoms with Crippen LogP contribution in [-0.4, -0.2) is 17.2 Å². The van der Waals surface area contributed by atoms with Crippen molar-refractivity contribution in [2.45, 2.75) is 19.6 Å². The van der Waals surface area contributed by atoms with Crippen LogP contribution in [0.4, 0.5) is 19.0 Å². The third-order valence-corrected chi connectivity index (χ3v) is 2.98. The molecule has 0 fully saturated rings. The topological polar surface area (TPSA) is 54.4 Å². The lowest BCUT2D eigenvalue weighted by atomic mass is 10.2. The largest absolute Gasteiger partial charge is 0.504 e. The van der Waals surface area contributed by atoms with Crippen LogP contribution in [0.25, 0.3) is 0 Å². The van der Waals surface area contributed by atoms with Crippen LogP contribution >= 0.6 is 0 Å². The van der Waals surface area contributed by atoms with Crippen molar-refractivity contribution in [1.82, 2.24) is 4.98 Å². The van der Waals surface area contributed by atoms with E-state index in [9.17, 15) is 18.3 Å². The van der Waals surface area contributed by atoms with Gasteiger partial charge in [0.05, 0.1) is 7.11 Å². The van der Waals surface area contributed by atoms with Crippen LogP contribution in [0.1, 0.15) is 16.8 Å². The molecule has 1 heterocycles. The molecular formula is C15H15F3N2O2. The Morgan fingerprint density at radius 2 is 1.95 bits per heavy atom. The lowest BCUT2D eigenvalue weighted by Gasteiger charge is -2.12. The van der Waals surface area contributed by atoms with Crippen LogP contribution < -0.4 is 10.1 Å². The van der Waals surface area contributed by atoms with Gasteiger partial charge in [-0.1, -0.05) is 6.07 Å². The first kappa shape index (κ1) is 15.9. The predicted octanol–water partition coefficient (Wildman–Crippen LogP) is 3.74. The van der Waals surface area contributed by atoms with Gasteiger partial charge < -0.3 is 15.2 Å². The number of rotatable bonds is 4.